The maximum atomic E-state index is 5.25. The molecule has 22 heavy (non-hydrogen) atoms. The van der Waals surface area contributed by atoms with Crippen LogP contribution in [0.4, 0.5) is 11.4 Å². The zero-order valence-electron chi connectivity index (χ0n) is 12.5. The van der Waals surface area contributed by atoms with Gasteiger partial charge in [0.05, 0.1) is 12.6 Å². The summed E-state index contributed by atoms with van der Waals surface area (Å²) in [5, 5.41) is 4.51. The van der Waals surface area contributed by atoms with E-state index >= 15 is 0 Å². The second-order valence-corrected chi connectivity index (χ2v) is 5.78. The summed E-state index contributed by atoms with van der Waals surface area (Å²) in [5.41, 5.74) is 2.98. The minimum Gasteiger partial charge on any atom is -0.497 e. The van der Waals surface area contributed by atoms with Crippen LogP contribution < -0.4 is 14.8 Å². The molecule has 0 saturated carbocycles. The molecule has 4 nitrogen and oxygen atoms in total. The molecule has 2 aromatic carbocycles. The van der Waals surface area contributed by atoms with Gasteiger partial charge in [-0.2, -0.15) is 0 Å². The molecule has 3 rings (SSSR count). The second kappa shape index (κ2) is 6.68. The van der Waals surface area contributed by atoms with Gasteiger partial charge in [-0.25, -0.2) is 0 Å². The van der Waals surface area contributed by atoms with Gasteiger partial charge in [0, 0.05) is 33.9 Å². The Hall–Kier alpha value is -2.24. The monoisotopic (exact) mass is 311 g/mol. The van der Waals surface area contributed by atoms with E-state index in [4.69, 9.17) is 4.74 Å². The third-order valence-corrected chi connectivity index (χ3v) is 4.02. The Bertz CT molecular complexity index is 774. The number of fused-ring (bicyclic) bond motifs is 1. The summed E-state index contributed by atoms with van der Waals surface area (Å²) in [6, 6.07) is 16.2. The van der Waals surface area contributed by atoms with E-state index in [1.807, 2.05) is 31.3 Å². The summed E-state index contributed by atoms with van der Waals surface area (Å²) < 4.78 is 8.31. The molecule has 0 amide bonds. The molecule has 2 N–H and O–H groups in total. The molecule has 0 fully saturated rings. The second-order valence-electron chi connectivity index (χ2n) is 4.70. The number of methoxy groups -OCH3 is 1. The summed E-state index contributed by atoms with van der Waals surface area (Å²) in [4.78, 5) is 5.58. The van der Waals surface area contributed by atoms with E-state index in [0.717, 1.165) is 28.0 Å². The normalized spacial score (nSPS) is 10.6. The van der Waals surface area contributed by atoms with Gasteiger partial charge in [0.25, 0.3) is 0 Å². The summed E-state index contributed by atoms with van der Waals surface area (Å²) in [6.45, 7) is 0. The molecule has 0 unspecified atom stereocenters. The molecule has 0 bridgehead atoms. The van der Waals surface area contributed by atoms with Crippen molar-refractivity contribution in [2.75, 3.05) is 19.5 Å². The Morgan fingerprint density at radius 3 is 2.59 bits per heavy atom. The molecule has 0 saturated heterocycles. The molecule has 0 aliphatic rings. The largest absolute Gasteiger partial charge is 0.497 e. The number of hydrogen-bond acceptors (Lipinski definition) is 5. The predicted molar refractivity (Wildman–Crippen MR) is 92.9 cm³/mol. The van der Waals surface area contributed by atoms with Gasteiger partial charge in [0.1, 0.15) is 5.75 Å². The van der Waals surface area contributed by atoms with Gasteiger partial charge in [0.2, 0.25) is 0 Å². The van der Waals surface area contributed by atoms with Crippen molar-refractivity contribution >= 4 is 34.2 Å². The predicted octanol–water partition coefficient (Wildman–Crippen LogP) is 4.21. The smallest absolute Gasteiger partial charge is 0.121 e. The first-order valence-electron chi connectivity index (χ1n) is 6.93. The lowest BCUT2D eigenvalue weighted by atomic mass is 10.1. The molecule has 3 aromatic rings. The van der Waals surface area contributed by atoms with Gasteiger partial charge in [-0.15, -0.1) is 0 Å². The van der Waals surface area contributed by atoms with E-state index in [-0.39, 0.29) is 0 Å². The Labute approximate surface area is 134 Å². The molecular formula is C17H17N3OS. The van der Waals surface area contributed by atoms with Crippen LogP contribution in [0.25, 0.3) is 10.9 Å². The number of nitrogens with zero attached hydrogens (tertiary/aromatic N) is 1. The number of hydrogen-bond donors (Lipinski definition) is 2. The van der Waals surface area contributed by atoms with Gasteiger partial charge >= 0.3 is 0 Å². The van der Waals surface area contributed by atoms with Crippen molar-refractivity contribution in [2.24, 2.45) is 0 Å². The Kier molecular flexibility index (Phi) is 4.46. The lowest BCUT2D eigenvalue weighted by molar-refractivity contribution is 0.415. The highest BCUT2D eigenvalue weighted by molar-refractivity contribution is 7.97. The van der Waals surface area contributed by atoms with Crippen LogP contribution in [0.5, 0.6) is 5.75 Å². The fourth-order valence-electron chi connectivity index (χ4n) is 2.24. The molecule has 0 radical (unpaired) electrons. The third-order valence-electron chi connectivity index (χ3n) is 3.30. The summed E-state index contributed by atoms with van der Waals surface area (Å²) >= 11 is 1.60. The maximum Gasteiger partial charge on any atom is 0.121 e. The fourth-order valence-corrected chi connectivity index (χ4v) is 2.75. The molecular weight excluding hydrogens is 294 g/mol. The first-order chi connectivity index (χ1) is 10.8. The van der Waals surface area contributed by atoms with Crippen LogP contribution in [0.15, 0.2) is 59.6 Å². The van der Waals surface area contributed by atoms with Crippen LogP contribution in [0.2, 0.25) is 0 Å². The van der Waals surface area contributed by atoms with Crippen molar-refractivity contribution in [1.82, 2.24) is 9.71 Å². The van der Waals surface area contributed by atoms with Crippen LogP contribution in [-0.2, 0) is 0 Å². The molecule has 1 aromatic heterocycles. The molecule has 0 aliphatic carbocycles. The quantitative estimate of drug-likeness (QED) is 0.691. The molecule has 0 aliphatic heterocycles. The van der Waals surface area contributed by atoms with Gasteiger partial charge in [-0.3, -0.25) is 9.71 Å². The Morgan fingerprint density at radius 1 is 1.05 bits per heavy atom. The topological polar surface area (TPSA) is 46.2 Å². The van der Waals surface area contributed by atoms with Gasteiger partial charge in [-0.1, -0.05) is 0 Å². The van der Waals surface area contributed by atoms with Crippen LogP contribution in [0, 0.1) is 0 Å². The average Bonchev–Trinajstić information content (AvgIpc) is 2.56. The number of ether oxygens (including phenoxy) is 1. The number of pyridine rings is 1. The number of benzene rings is 2. The Balaban J connectivity index is 1.90. The zero-order valence-corrected chi connectivity index (χ0v) is 13.3. The number of aromatic nitrogens is 1. The standard InChI is InChI=1S/C17H17N3OS/c1-18-22-14-6-3-12(4-7-14)20-16-9-10-19-17-11-13(21-2)5-8-15(16)17/h3-11,18H,1-2H3,(H,19,20). The molecule has 0 spiro atoms. The van der Waals surface area contributed by atoms with Crippen LogP contribution in [0.3, 0.4) is 0 Å². The number of rotatable bonds is 5. The maximum absolute atomic E-state index is 5.25. The lowest BCUT2D eigenvalue weighted by Crippen LogP contribution is -1.94. The van der Waals surface area contributed by atoms with Crippen molar-refractivity contribution in [1.29, 1.82) is 0 Å². The van der Waals surface area contributed by atoms with Gasteiger partial charge < -0.3 is 10.1 Å². The molecule has 112 valence electrons. The highest BCUT2D eigenvalue weighted by Gasteiger charge is 2.04. The third kappa shape index (κ3) is 3.16. The minimum atomic E-state index is 0.811. The van der Waals surface area contributed by atoms with Crippen LogP contribution in [-0.4, -0.2) is 19.1 Å². The van der Waals surface area contributed by atoms with Gasteiger partial charge in [0.15, 0.2) is 0 Å². The van der Waals surface area contributed by atoms with Gasteiger partial charge in [-0.05, 0) is 61.5 Å². The Morgan fingerprint density at radius 2 is 1.86 bits per heavy atom. The first kappa shape index (κ1) is 14.7. The van der Waals surface area contributed by atoms with E-state index in [0.29, 0.717) is 0 Å². The lowest BCUT2D eigenvalue weighted by Gasteiger charge is -2.10. The summed E-state index contributed by atoms with van der Waals surface area (Å²) in [5.74, 6) is 0.811. The molecule has 5 heteroatoms. The van der Waals surface area contributed by atoms with E-state index in [1.165, 1.54) is 4.90 Å². The number of anilines is 2. The first-order valence-corrected chi connectivity index (χ1v) is 7.75. The zero-order chi connectivity index (χ0) is 15.4. The van der Waals surface area contributed by atoms with Crippen LogP contribution >= 0.6 is 11.9 Å². The highest BCUT2D eigenvalue weighted by atomic mass is 32.2. The van der Waals surface area contributed by atoms with Crippen molar-refractivity contribution in [2.45, 2.75) is 4.90 Å². The van der Waals surface area contributed by atoms with Crippen molar-refractivity contribution in [3.63, 3.8) is 0 Å². The van der Waals surface area contributed by atoms with Crippen molar-refractivity contribution in [3.05, 3.63) is 54.7 Å². The fraction of sp³-hybridized carbons (Fsp3) is 0.118. The van der Waals surface area contributed by atoms with Crippen molar-refractivity contribution < 1.29 is 4.74 Å². The SMILES string of the molecule is CNSc1ccc(Nc2ccnc3cc(OC)ccc23)cc1. The van der Waals surface area contributed by atoms with E-state index in [1.54, 1.807) is 25.3 Å². The van der Waals surface area contributed by atoms with E-state index < -0.39 is 0 Å². The average molecular weight is 311 g/mol. The van der Waals surface area contributed by atoms with Crippen LogP contribution in [0.1, 0.15) is 0 Å². The summed E-state index contributed by atoms with van der Waals surface area (Å²) in [7, 11) is 3.57. The minimum absolute atomic E-state index is 0.811. The number of nitrogens with one attached hydrogen (secondary N) is 2. The highest BCUT2D eigenvalue weighted by Crippen LogP contribution is 2.28. The molecule has 1 heterocycles. The van der Waals surface area contributed by atoms with E-state index in [2.05, 4.69) is 39.3 Å². The molecule has 0 atom stereocenters. The summed E-state index contributed by atoms with van der Waals surface area (Å²) in [6.07, 6.45) is 1.80. The van der Waals surface area contributed by atoms with Crippen molar-refractivity contribution in [3.8, 4) is 5.75 Å². The van der Waals surface area contributed by atoms with E-state index in [9.17, 15) is 0 Å².